The molecule has 3 heterocycles. The number of rotatable bonds is 6. The molecule has 1 saturated heterocycles. The summed E-state index contributed by atoms with van der Waals surface area (Å²) in [5, 5.41) is 4.32. The van der Waals surface area contributed by atoms with Gasteiger partial charge < -0.3 is 10.1 Å². The number of amides is 1. The van der Waals surface area contributed by atoms with E-state index in [4.69, 9.17) is 16.3 Å². The van der Waals surface area contributed by atoms with E-state index >= 15 is 0 Å². The molecule has 0 radical (unpaired) electrons. The first kappa shape index (κ1) is 21.2. The normalized spacial score (nSPS) is 18.0. The molecule has 1 N–H and O–H groups in total. The van der Waals surface area contributed by atoms with Gasteiger partial charge in [-0.2, -0.15) is 4.31 Å². The van der Waals surface area contributed by atoms with Crippen LogP contribution in [0.5, 0.6) is 0 Å². The van der Waals surface area contributed by atoms with Gasteiger partial charge in [0.2, 0.25) is 5.91 Å². The van der Waals surface area contributed by atoms with E-state index in [0.717, 1.165) is 29.1 Å². The quantitative estimate of drug-likeness (QED) is 0.659. The maximum atomic E-state index is 13.0. The van der Waals surface area contributed by atoms with Crippen molar-refractivity contribution in [3.05, 3.63) is 27.5 Å². The average molecular weight is 464 g/mol. The Morgan fingerprint density at radius 2 is 2.18 bits per heavy atom. The predicted molar refractivity (Wildman–Crippen MR) is 108 cm³/mol. The molecule has 0 aliphatic carbocycles. The molecule has 1 aliphatic rings. The van der Waals surface area contributed by atoms with Crippen molar-refractivity contribution in [2.24, 2.45) is 0 Å². The Balaban J connectivity index is 1.77. The molecule has 1 unspecified atom stereocenters. The van der Waals surface area contributed by atoms with Gasteiger partial charge in [-0.25, -0.2) is 18.2 Å². The monoisotopic (exact) mass is 463 g/mol. The van der Waals surface area contributed by atoms with Gasteiger partial charge >= 0.3 is 5.97 Å². The number of hydrogen-bond donors (Lipinski definition) is 1. The van der Waals surface area contributed by atoms with Crippen molar-refractivity contribution >= 4 is 61.3 Å². The van der Waals surface area contributed by atoms with Crippen LogP contribution in [0.3, 0.4) is 0 Å². The molecular weight excluding hydrogens is 446 g/mol. The maximum absolute atomic E-state index is 13.0. The van der Waals surface area contributed by atoms with Crippen LogP contribution < -0.4 is 5.32 Å². The highest BCUT2D eigenvalue weighted by molar-refractivity contribution is 7.91. The van der Waals surface area contributed by atoms with Crippen molar-refractivity contribution in [1.29, 1.82) is 0 Å². The van der Waals surface area contributed by atoms with Crippen molar-refractivity contribution in [2.45, 2.75) is 36.4 Å². The minimum Gasteiger partial charge on any atom is -0.461 e. The minimum absolute atomic E-state index is 0.100. The van der Waals surface area contributed by atoms with Crippen LogP contribution in [-0.2, 0) is 19.6 Å². The van der Waals surface area contributed by atoms with Gasteiger partial charge in [-0.3, -0.25) is 4.79 Å². The lowest BCUT2D eigenvalue weighted by Crippen LogP contribution is -2.49. The van der Waals surface area contributed by atoms with Crippen LogP contribution >= 0.6 is 34.3 Å². The lowest BCUT2D eigenvalue weighted by atomic mass is 10.0. The summed E-state index contributed by atoms with van der Waals surface area (Å²) >= 11 is 7.91. The van der Waals surface area contributed by atoms with Gasteiger partial charge in [0, 0.05) is 11.9 Å². The van der Waals surface area contributed by atoms with Crippen LogP contribution in [-0.4, -0.2) is 48.8 Å². The molecule has 2 aromatic heterocycles. The lowest BCUT2D eigenvalue weighted by molar-refractivity contribution is -0.120. The summed E-state index contributed by atoms with van der Waals surface area (Å²) < 4.78 is 32.5. The van der Waals surface area contributed by atoms with Gasteiger partial charge in [0.25, 0.3) is 10.0 Å². The van der Waals surface area contributed by atoms with E-state index in [2.05, 4.69) is 10.3 Å². The van der Waals surface area contributed by atoms with Crippen molar-refractivity contribution in [3.63, 3.8) is 0 Å². The molecule has 1 fully saturated rings. The highest BCUT2D eigenvalue weighted by Gasteiger charge is 2.38. The first-order valence-corrected chi connectivity index (χ1v) is 12.0. The summed E-state index contributed by atoms with van der Waals surface area (Å²) in [5.41, 5.74) is 0.100. The molecule has 0 saturated carbocycles. The molecule has 12 heteroatoms. The van der Waals surface area contributed by atoms with Gasteiger partial charge in [0.15, 0.2) is 10.8 Å². The number of carbonyl (C=O) groups excluding carboxylic acids is 2. The molecule has 0 aromatic carbocycles. The van der Waals surface area contributed by atoms with Gasteiger partial charge in [-0.15, -0.1) is 22.7 Å². The van der Waals surface area contributed by atoms with E-state index in [1.165, 1.54) is 21.8 Å². The second-order valence-electron chi connectivity index (χ2n) is 5.93. The third kappa shape index (κ3) is 4.54. The van der Waals surface area contributed by atoms with Crippen molar-refractivity contribution < 1.29 is 22.7 Å². The number of anilines is 1. The highest BCUT2D eigenvalue weighted by Crippen LogP contribution is 2.32. The number of carbonyl (C=O) groups is 2. The first-order valence-electron chi connectivity index (χ1n) is 8.53. The number of piperidine rings is 1. The second kappa shape index (κ2) is 8.87. The molecule has 152 valence electrons. The van der Waals surface area contributed by atoms with Crippen LogP contribution in [0.25, 0.3) is 0 Å². The van der Waals surface area contributed by atoms with E-state index in [1.807, 2.05) is 0 Å². The molecule has 1 aliphatic heterocycles. The Kier molecular flexibility index (Phi) is 6.71. The first-order chi connectivity index (χ1) is 13.3. The number of halogens is 1. The van der Waals surface area contributed by atoms with Crippen molar-refractivity contribution in [2.75, 3.05) is 18.5 Å². The lowest BCUT2D eigenvalue weighted by Gasteiger charge is -2.32. The fourth-order valence-electron chi connectivity index (χ4n) is 2.83. The van der Waals surface area contributed by atoms with E-state index in [9.17, 15) is 18.0 Å². The highest BCUT2D eigenvalue weighted by atomic mass is 35.5. The van der Waals surface area contributed by atoms with Gasteiger partial charge in [0.05, 0.1) is 10.9 Å². The molecule has 2 aromatic rings. The Labute approximate surface area is 175 Å². The number of ether oxygens (including phenoxy) is 1. The number of thiazole rings is 1. The van der Waals surface area contributed by atoms with Crippen LogP contribution in [0.4, 0.5) is 5.13 Å². The Morgan fingerprint density at radius 1 is 1.39 bits per heavy atom. The van der Waals surface area contributed by atoms with Crippen LogP contribution in [0.1, 0.15) is 36.7 Å². The SMILES string of the molecule is CCOC(=O)c1csc(NC(=O)C2CCCCN2S(=O)(=O)c2ccc(Cl)s2)n1. The van der Waals surface area contributed by atoms with Gasteiger partial charge in [0.1, 0.15) is 10.3 Å². The topological polar surface area (TPSA) is 106 Å². The zero-order valence-electron chi connectivity index (χ0n) is 14.9. The Morgan fingerprint density at radius 3 is 2.86 bits per heavy atom. The molecule has 0 spiro atoms. The molecular formula is C16H18ClN3O5S3. The number of hydrogen-bond acceptors (Lipinski definition) is 8. The fourth-order valence-corrected chi connectivity index (χ4v) is 6.78. The minimum atomic E-state index is -3.83. The average Bonchev–Trinajstić information content (AvgIpc) is 3.31. The molecule has 8 nitrogen and oxygen atoms in total. The van der Waals surface area contributed by atoms with Crippen molar-refractivity contribution in [3.8, 4) is 0 Å². The standard InChI is InChI=1S/C16H18ClN3O5S3/c1-2-25-15(22)10-9-26-16(18-10)19-14(21)11-5-3-4-8-20(11)28(23,24)13-7-6-12(17)27-13/h6-7,9,11H,2-5,8H2,1H3,(H,18,19,21). The van der Waals surface area contributed by atoms with E-state index in [1.54, 1.807) is 6.92 Å². The Hall–Kier alpha value is -1.53. The summed E-state index contributed by atoms with van der Waals surface area (Å²) in [6.07, 6.45) is 1.81. The maximum Gasteiger partial charge on any atom is 0.357 e. The van der Waals surface area contributed by atoms with E-state index in [-0.39, 0.29) is 28.2 Å². The number of nitrogens with one attached hydrogen (secondary N) is 1. The predicted octanol–water partition coefficient (Wildman–Crippen LogP) is 3.22. The zero-order chi connectivity index (χ0) is 20.3. The van der Waals surface area contributed by atoms with E-state index < -0.39 is 27.9 Å². The molecule has 28 heavy (non-hydrogen) atoms. The number of nitrogens with zero attached hydrogens (tertiary/aromatic N) is 2. The van der Waals surface area contributed by atoms with Crippen LogP contribution in [0.2, 0.25) is 4.34 Å². The van der Waals surface area contributed by atoms with E-state index in [0.29, 0.717) is 17.2 Å². The summed E-state index contributed by atoms with van der Waals surface area (Å²) in [6, 6.07) is 2.11. The molecule has 3 rings (SSSR count). The van der Waals surface area contributed by atoms with Gasteiger partial charge in [-0.05, 0) is 31.9 Å². The van der Waals surface area contributed by atoms with Crippen LogP contribution in [0, 0.1) is 0 Å². The summed E-state index contributed by atoms with van der Waals surface area (Å²) in [4.78, 5) is 28.5. The molecule has 0 bridgehead atoms. The number of aromatic nitrogens is 1. The summed E-state index contributed by atoms with van der Waals surface area (Å²) in [7, 11) is -3.83. The second-order valence-corrected chi connectivity index (χ2v) is 10.6. The third-order valence-corrected chi connectivity index (χ3v) is 8.45. The molecule has 1 amide bonds. The summed E-state index contributed by atoms with van der Waals surface area (Å²) in [6.45, 7) is 2.16. The zero-order valence-corrected chi connectivity index (χ0v) is 18.1. The van der Waals surface area contributed by atoms with Crippen LogP contribution in [0.15, 0.2) is 21.7 Å². The number of thiophene rings is 1. The largest absolute Gasteiger partial charge is 0.461 e. The fraction of sp³-hybridized carbons (Fsp3) is 0.438. The molecule has 1 atom stereocenters. The third-order valence-electron chi connectivity index (χ3n) is 4.09. The Bertz CT molecular complexity index is 972. The smallest absolute Gasteiger partial charge is 0.357 e. The van der Waals surface area contributed by atoms with Gasteiger partial charge in [-0.1, -0.05) is 18.0 Å². The number of esters is 1. The number of sulfonamides is 1. The van der Waals surface area contributed by atoms with Crippen molar-refractivity contribution in [1.82, 2.24) is 9.29 Å². The summed E-state index contributed by atoms with van der Waals surface area (Å²) in [5.74, 6) is -1.05.